The van der Waals surface area contributed by atoms with E-state index in [-0.39, 0.29) is 24.7 Å². The number of carboxylic acids is 1. The molecule has 0 aromatic heterocycles. The molecule has 10 heteroatoms. The quantitative estimate of drug-likeness (QED) is 0.532. The summed E-state index contributed by atoms with van der Waals surface area (Å²) in [7, 11) is 0. The van der Waals surface area contributed by atoms with Gasteiger partial charge in [0.1, 0.15) is 5.75 Å². The molecule has 3 rings (SSSR count). The van der Waals surface area contributed by atoms with Crippen molar-refractivity contribution in [2.24, 2.45) is 5.92 Å². The van der Waals surface area contributed by atoms with Crippen molar-refractivity contribution in [2.45, 2.75) is 19.4 Å². The first-order valence-corrected chi connectivity index (χ1v) is 8.74. The predicted molar refractivity (Wildman–Crippen MR) is 99.0 cm³/mol. The smallest absolute Gasteiger partial charge is 0.413 e. The molecule has 1 aliphatic heterocycles. The van der Waals surface area contributed by atoms with Crippen LogP contribution in [0.1, 0.15) is 24.9 Å². The summed E-state index contributed by atoms with van der Waals surface area (Å²) in [6, 6.07) is 8.97. The van der Waals surface area contributed by atoms with Crippen LogP contribution in [0.3, 0.4) is 0 Å². The van der Waals surface area contributed by atoms with E-state index in [1.54, 1.807) is 25.1 Å². The van der Waals surface area contributed by atoms with Crippen LogP contribution in [0.5, 0.6) is 17.2 Å². The van der Waals surface area contributed by atoms with Crippen molar-refractivity contribution in [3.05, 3.63) is 58.1 Å². The molecule has 2 aromatic rings. The summed E-state index contributed by atoms with van der Waals surface area (Å²) in [6.07, 6.45) is -0.632. The molecule has 2 atom stereocenters. The molecule has 0 saturated heterocycles. The molecular weight excluding hydrogens is 384 g/mol. The Morgan fingerprint density at radius 1 is 1.21 bits per heavy atom. The second-order valence-electron chi connectivity index (χ2n) is 6.23. The third-order valence-corrected chi connectivity index (χ3v) is 4.45. The number of non-ortho nitro benzene ring substituents is 1. The van der Waals surface area contributed by atoms with Gasteiger partial charge in [0.2, 0.25) is 6.79 Å². The van der Waals surface area contributed by atoms with Crippen molar-refractivity contribution in [1.82, 2.24) is 5.32 Å². The minimum absolute atomic E-state index is 0.0647. The third-order valence-electron chi connectivity index (χ3n) is 4.45. The lowest BCUT2D eigenvalue weighted by Crippen LogP contribution is -2.38. The molecule has 2 N–H and O–H groups in total. The molecule has 1 heterocycles. The van der Waals surface area contributed by atoms with Gasteiger partial charge in [0.25, 0.3) is 5.69 Å². The van der Waals surface area contributed by atoms with Gasteiger partial charge in [-0.15, -0.1) is 0 Å². The Morgan fingerprint density at radius 3 is 2.52 bits per heavy atom. The molecule has 0 aliphatic carbocycles. The highest BCUT2D eigenvalue weighted by atomic mass is 16.7. The molecule has 29 heavy (non-hydrogen) atoms. The highest BCUT2D eigenvalue weighted by Crippen LogP contribution is 2.36. The topological polar surface area (TPSA) is 137 Å². The molecule has 1 amide bonds. The maximum absolute atomic E-state index is 12.4. The molecule has 0 spiro atoms. The third kappa shape index (κ3) is 4.54. The van der Waals surface area contributed by atoms with Crippen LogP contribution in [0.4, 0.5) is 10.5 Å². The van der Waals surface area contributed by atoms with E-state index in [9.17, 15) is 24.8 Å². The number of ether oxygens (including phenoxy) is 3. The summed E-state index contributed by atoms with van der Waals surface area (Å²) in [6.45, 7) is 1.76. The zero-order valence-electron chi connectivity index (χ0n) is 15.4. The number of rotatable bonds is 7. The van der Waals surface area contributed by atoms with Gasteiger partial charge in [-0.05, 0) is 36.2 Å². The van der Waals surface area contributed by atoms with Crippen molar-refractivity contribution in [2.75, 3.05) is 6.79 Å². The fourth-order valence-corrected chi connectivity index (χ4v) is 2.98. The summed E-state index contributed by atoms with van der Waals surface area (Å²) in [4.78, 5) is 34.2. The molecule has 1 unspecified atom stereocenters. The van der Waals surface area contributed by atoms with E-state index in [4.69, 9.17) is 14.2 Å². The van der Waals surface area contributed by atoms with E-state index in [0.717, 1.165) is 0 Å². The van der Waals surface area contributed by atoms with Crippen molar-refractivity contribution < 1.29 is 33.8 Å². The summed E-state index contributed by atoms with van der Waals surface area (Å²) in [5.74, 6) is -0.922. The number of carbonyl (C=O) groups is 2. The fourth-order valence-electron chi connectivity index (χ4n) is 2.98. The first-order chi connectivity index (χ1) is 13.9. The van der Waals surface area contributed by atoms with Gasteiger partial charge in [-0.3, -0.25) is 14.9 Å². The zero-order chi connectivity index (χ0) is 21.0. The van der Waals surface area contributed by atoms with Crippen LogP contribution in [-0.4, -0.2) is 28.9 Å². The summed E-state index contributed by atoms with van der Waals surface area (Å²) in [5, 5.41) is 22.8. The lowest BCUT2D eigenvalue weighted by Gasteiger charge is -2.24. The fraction of sp³-hybridized carbons (Fsp3) is 0.263. The second kappa shape index (κ2) is 8.46. The number of fused-ring (bicyclic) bond motifs is 1. The zero-order valence-corrected chi connectivity index (χ0v) is 15.4. The Hall–Kier alpha value is -3.82. The molecule has 1 aliphatic rings. The van der Waals surface area contributed by atoms with Crippen molar-refractivity contribution >= 4 is 17.7 Å². The van der Waals surface area contributed by atoms with Gasteiger partial charge in [0, 0.05) is 12.1 Å². The number of hydrogen-bond acceptors (Lipinski definition) is 7. The lowest BCUT2D eigenvalue weighted by atomic mass is 9.90. The number of carboxylic acid groups (broad SMARTS) is 1. The number of nitro groups is 1. The monoisotopic (exact) mass is 402 g/mol. The van der Waals surface area contributed by atoms with E-state index in [0.29, 0.717) is 17.1 Å². The van der Waals surface area contributed by atoms with Crippen LogP contribution >= 0.6 is 0 Å². The van der Waals surface area contributed by atoms with Crippen LogP contribution in [-0.2, 0) is 4.79 Å². The van der Waals surface area contributed by atoms with Gasteiger partial charge in [-0.25, -0.2) is 4.79 Å². The Kier molecular flexibility index (Phi) is 5.82. The number of hydrogen-bond donors (Lipinski definition) is 2. The number of nitrogens with one attached hydrogen (secondary N) is 1. The summed E-state index contributed by atoms with van der Waals surface area (Å²) in [5.41, 5.74) is 0.372. The Bertz CT molecular complexity index is 928. The first-order valence-electron chi connectivity index (χ1n) is 8.74. The molecule has 0 saturated carbocycles. The van der Waals surface area contributed by atoms with Gasteiger partial charge in [0.05, 0.1) is 16.9 Å². The van der Waals surface area contributed by atoms with Crippen LogP contribution in [0.25, 0.3) is 0 Å². The Labute approximate surface area is 165 Å². The van der Waals surface area contributed by atoms with Gasteiger partial charge >= 0.3 is 12.1 Å². The van der Waals surface area contributed by atoms with Crippen molar-refractivity contribution in [3.63, 3.8) is 0 Å². The number of benzene rings is 2. The molecule has 0 radical (unpaired) electrons. The van der Waals surface area contributed by atoms with E-state index in [1.165, 1.54) is 24.3 Å². The number of nitrogens with zero attached hydrogens (tertiary/aromatic N) is 1. The minimum atomic E-state index is -1.08. The van der Waals surface area contributed by atoms with Crippen LogP contribution in [0.2, 0.25) is 0 Å². The number of amides is 1. The van der Waals surface area contributed by atoms with Gasteiger partial charge in [-0.1, -0.05) is 13.0 Å². The maximum Gasteiger partial charge on any atom is 0.413 e. The normalized spacial score (nSPS) is 14.0. The second-order valence-corrected chi connectivity index (χ2v) is 6.23. The molecule has 2 aromatic carbocycles. The molecule has 0 fully saturated rings. The van der Waals surface area contributed by atoms with Gasteiger partial charge in [0.15, 0.2) is 11.5 Å². The average molecular weight is 402 g/mol. The van der Waals surface area contributed by atoms with Crippen LogP contribution in [0, 0.1) is 16.0 Å². The highest BCUT2D eigenvalue weighted by Gasteiger charge is 2.31. The lowest BCUT2D eigenvalue weighted by molar-refractivity contribution is -0.384. The van der Waals surface area contributed by atoms with Crippen LogP contribution < -0.4 is 19.5 Å². The van der Waals surface area contributed by atoms with E-state index in [1.807, 2.05) is 0 Å². The number of aliphatic carboxylic acids is 1. The van der Waals surface area contributed by atoms with E-state index < -0.39 is 28.9 Å². The maximum atomic E-state index is 12.4. The number of nitro benzene ring substituents is 1. The van der Waals surface area contributed by atoms with Crippen molar-refractivity contribution in [1.29, 1.82) is 0 Å². The van der Waals surface area contributed by atoms with Crippen molar-refractivity contribution in [3.8, 4) is 17.2 Å². The highest BCUT2D eigenvalue weighted by molar-refractivity contribution is 5.75. The van der Waals surface area contributed by atoms with Crippen LogP contribution in [0.15, 0.2) is 42.5 Å². The minimum Gasteiger partial charge on any atom is -0.481 e. The Morgan fingerprint density at radius 2 is 1.90 bits per heavy atom. The molecule has 0 bridgehead atoms. The first kappa shape index (κ1) is 19.9. The predicted octanol–water partition coefficient (Wildman–Crippen LogP) is 3.26. The molecule has 10 nitrogen and oxygen atoms in total. The van der Waals surface area contributed by atoms with Gasteiger partial charge < -0.3 is 24.6 Å². The largest absolute Gasteiger partial charge is 0.481 e. The standard InChI is InChI=1S/C19H18N2O8/c1-2-14(18(22)23)17(11-3-8-15-16(9-11)28-10-27-15)20-19(24)29-13-6-4-12(5-7-13)21(25)26/h3-9,14,17H,2,10H2,1H3,(H,20,24)(H,22,23)/t14?,17-/m0/s1. The van der Waals surface area contributed by atoms with Gasteiger partial charge in [-0.2, -0.15) is 0 Å². The average Bonchev–Trinajstić information content (AvgIpc) is 3.15. The molecule has 152 valence electrons. The molecular formula is C19H18N2O8. The summed E-state index contributed by atoms with van der Waals surface area (Å²) < 4.78 is 15.7. The summed E-state index contributed by atoms with van der Waals surface area (Å²) >= 11 is 0. The van der Waals surface area contributed by atoms with E-state index in [2.05, 4.69) is 5.32 Å². The Balaban J connectivity index is 1.80. The van der Waals surface area contributed by atoms with E-state index >= 15 is 0 Å². The SMILES string of the molecule is CCC(C(=O)O)[C@@H](NC(=O)Oc1ccc([N+](=O)[O-])cc1)c1ccc2c(c1)OCO2. The number of carbonyl (C=O) groups excluding carboxylic acids is 1.